The van der Waals surface area contributed by atoms with Gasteiger partial charge in [0.2, 0.25) is 10.0 Å². The van der Waals surface area contributed by atoms with Gasteiger partial charge in [-0.25, -0.2) is 13.1 Å². The molecule has 1 unspecified atom stereocenters. The zero-order chi connectivity index (χ0) is 15.5. The SMILES string of the molecule is CC(CNS(=O)(=O)c1cc(CN)ccc1Cl)N1CCCC1. The molecule has 1 fully saturated rings. The fraction of sp³-hybridized carbons (Fsp3) is 0.571. The van der Waals surface area contributed by atoms with Crippen LogP contribution >= 0.6 is 11.6 Å². The number of nitrogens with one attached hydrogen (secondary N) is 1. The highest BCUT2D eigenvalue weighted by atomic mass is 35.5. The van der Waals surface area contributed by atoms with Gasteiger partial charge < -0.3 is 5.73 Å². The number of sulfonamides is 1. The lowest BCUT2D eigenvalue weighted by molar-refractivity contribution is 0.260. The Morgan fingerprint density at radius 1 is 1.38 bits per heavy atom. The number of benzene rings is 1. The van der Waals surface area contributed by atoms with Crippen molar-refractivity contribution in [2.75, 3.05) is 19.6 Å². The van der Waals surface area contributed by atoms with Crippen molar-refractivity contribution in [3.05, 3.63) is 28.8 Å². The summed E-state index contributed by atoms with van der Waals surface area (Å²) in [5.74, 6) is 0. The van der Waals surface area contributed by atoms with Crippen molar-refractivity contribution in [1.29, 1.82) is 0 Å². The smallest absolute Gasteiger partial charge is 0.242 e. The van der Waals surface area contributed by atoms with Crippen molar-refractivity contribution in [2.45, 2.75) is 37.2 Å². The zero-order valence-corrected chi connectivity index (χ0v) is 13.8. The second kappa shape index (κ2) is 7.07. The predicted octanol–water partition coefficient (Wildman–Crippen LogP) is 1.56. The van der Waals surface area contributed by atoms with Gasteiger partial charge in [-0.3, -0.25) is 4.90 Å². The molecule has 1 aromatic rings. The highest BCUT2D eigenvalue weighted by Gasteiger charge is 2.22. The van der Waals surface area contributed by atoms with Crippen LogP contribution in [-0.4, -0.2) is 39.0 Å². The van der Waals surface area contributed by atoms with E-state index in [1.54, 1.807) is 12.1 Å². The van der Waals surface area contributed by atoms with Crippen LogP contribution in [0.1, 0.15) is 25.3 Å². The molecule has 3 N–H and O–H groups in total. The van der Waals surface area contributed by atoms with Crippen molar-refractivity contribution in [2.24, 2.45) is 5.73 Å². The van der Waals surface area contributed by atoms with Crippen LogP contribution in [0.15, 0.2) is 23.1 Å². The first kappa shape index (κ1) is 16.7. The molecule has 1 saturated heterocycles. The van der Waals surface area contributed by atoms with Gasteiger partial charge in [-0.1, -0.05) is 17.7 Å². The molecule has 1 aromatic carbocycles. The second-order valence-corrected chi connectivity index (χ2v) is 7.56. The molecule has 1 aliphatic rings. The number of nitrogens with zero attached hydrogens (tertiary/aromatic N) is 1. The van der Waals surface area contributed by atoms with Gasteiger partial charge in [-0.15, -0.1) is 0 Å². The van der Waals surface area contributed by atoms with Gasteiger partial charge in [0.05, 0.1) is 5.02 Å². The van der Waals surface area contributed by atoms with Crippen LogP contribution in [-0.2, 0) is 16.6 Å². The largest absolute Gasteiger partial charge is 0.326 e. The monoisotopic (exact) mass is 331 g/mol. The van der Waals surface area contributed by atoms with E-state index in [4.69, 9.17) is 17.3 Å². The van der Waals surface area contributed by atoms with Gasteiger partial charge in [0, 0.05) is 19.1 Å². The standard InChI is InChI=1S/C14H22ClN3O2S/c1-11(18-6-2-3-7-18)10-17-21(19,20)14-8-12(9-16)4-5-13(14)15/h4-5,8,11,17H,2-3,6-7,9-10,16H2,1H3. The van der Waals surface area contributed by atoms with Crippen molar-refractivity contribution >= 4 is 21.6 Å². The summed E-state index contributed by atoms with van der Waals surface area (Å²) in [5.41, 5.74) is 6.29. The molecule has 0 bridgehead atoms. The molecule has 2 rings (SSSR count). The van der Waals surface area contributed by atoms with Gasteiger partial charge in [-0.05, 0) is 50.6 Å². The Bertz CT molecular complexity index is 586. The highest BCUT2D eigenvalue weighted by Crippen LogP contribution is 2.22. The molecule has 5 nitrogen and oxygen atoms in total. The summed E-state index contributed by atoms with van der Waals surface area (Å²) in [6, 6.07) is 5.01. The molecular weight excluding hydrogens is 310 g/mol. The van der Waals surface area contributed by atoms with E-state index in [1.165, 1.54) is 18.9 Å². The van der Waals surface area contributed by atoms with E-state index in [2.05, 4.69) is 9.62 Å². The van der Waals surface area contributed by atoms with Gasteiger partial charge in [-0.2, -0.15) is 0 Å². The maximum Gasteiger partial charge on any atom is 0.242 e. The molecule has 7 heteroatoms. The maximum absolute atomic E-state index is 12.4. The number of halogens is 1. The van der Waals surface area contributed by atoms with Crippen LogP contribution in [0.4, 0.5) is 0 Å². The number of hydrogen-bond donors (Lipinski definition) is 2. The fourth-order valence-corrected chi connectivity index (χ4v) is 4.17. The fourth-order valence-electron chi connectivity index (χ4n) is 2.50. The van der Waals surface area contributed by atoms with Crippen molar-refractivity contribution in [3.8, 4) is 0 Å². The van der Waals surface area contributed by atoms with E-state index in [0.717, 1.165) is 18.7 Å². The summed E-state index contributed by atoms with van der Waals surface area (Å²) in [5, 5.41) is 0.216. The van der Waals surface area contributed by atoms with Crippen LogP contribution in [0.25, 0.3) is 0 Å². The van der Waals surface area contributed by atoms with Crippen molar-refractivity contribution < 1.29 is 8.42 Å². The molecule has 0 aromatic heterocycles. The third-order valence-electron chi connectivity index (χ3n) is 3.85. The van der Waals surface area contributed by atoms with E-state index in [-0.39, 0.29) is 22.5 Å². The number of nitrogens with two attached hydrogens (primary N) is 1. The van der Waals surface area contributed by atoms with E-state index in [0.29, 0.717) is 6.54 Å². The first-order valence-corrected chi connectivity index (χ1v) is 9.02. The molecule has 0 aliphatic carbocycles. The van der Waals surface area contributed by atoms with Crippen LogP contribution in [0.3, 0.4) is 0 Å². The Hall–Kier alpha value is -0.660. The third-order valence-corrected chi connectivity index (χ3v) is 5.76. The lowest BCUT2D eigenvalue weighted by Gasteiger charge is -2.24. The Morgan fingerprint density at radius 2 is 2.05 bits per heavy atom. The molecule has 0 spiro atoms. The number of rotatable bonds is 6. The van der Waals surface area contributed by atoms with Crippen LogP contribution in [0, 0.1) is 0 Å². The maximum atomic E-state index is 12.4. The summed E-state index contributed by atoms with van der Waals surface area (Å²) in [4.78, 5) is 2.39. The minimum Gasteiger partial charge on any atom is -0.326 e. The van der Waals surface area contributed by atoms with Gasteiger partial charge in [0.15, 0.2) is 0 Å². The molecular formula is C14H22ClN3O2S. The lowest BCUT2D eigenvalue weighted by atomic mass is 10.2. The third kappa shape index (κ3) is 4.17. The molecule has 1 atom stereocenters. The minimum atomic E-state index is -3.61. The summed E-state index contributed by atoms with van der Waals surface area (Å²) in [6.07, 6.45) is 2.36. The van der Waals surface area contributed by atoms with Crippen molar-refractivity contribution in [3.63, 3.8) is 0 Å². The molecule has 1 heterocycles. The van der Waals surface area contributed by atoms with E-state index in [9.17, 15) is 8.42 Å². The Morgan fingerprint density at radius 3 is 2.67 bits per heavy atom. The normalized spacial score (nSPS) is 18.0. The Kier molecular flexibility index (Phi) is 5.62. The van der Waals surface area contributed by atoms with Gasteiger partial charge >= 0.3 is 0 Å². The summed E-state index contributed by atoms with van der Waals surface area (Å²) in [7, 11) is -3.61. The number of likely N-dealkylation sites (tertiary alicyclic amines) is 1. The second-order valence-electron chi connectivity index (χ2n) is 5.41. The zero-order valence-electron chi connectivity index (χ0n) is 12.2. The highest BCUT2D eigenvalue weighted by molar-refractivity contribution is 7.89. The van der Waals surface area contributed by atoms with Gasteiger partial charge in [0.1, 0.15) is 4.90 Å². The Labute approximate surface area is 131 Å². The predicted molar refractivity (Wildman–Crippen MR) is 84.8 cm³/mol. The molecule has 118 valence electrons. The van der Waals surface area contributed by atoms with E-state index < -0.39 is 10.0 Å². The molecule has 21 heavy (non-hydrogen) atoms. The lowest BCUT2D eigenvalue weighted by Crippen LogP contribution is -2.40. The average molecular weight is 332 g/mol. The molecule has 0 saturated carbocycles. The molecule has 1 aliphatic heterocycles. The summed E-state index contributed by atoms with van der Waals surface area (Å²) in [6.45, 7) is 4.76. The Balaban J connectivity index is 2.07. The van der Waals surface area contributed by atoms with E-state index in [1.807, 2.05) is 6.92 Å². The van der Waals surface area contributed by atoms with Crippen molar-refractivity contribution in [1.82, 2.24) is 9.62 Å². The summed E-state index contributed by atoms with van der Waals surface area (Å²) >= 11 is 6.01. The quantitative estimate of drug-likeness (QED) is 0.829. The first-order chi connectivity index (χ1) is 9.94. The van der Waals surface area contributed by atoms with E-state index >= 15 is 0 Å². The van der Waals surface area contributed by atoms with Crippen LogP contribution < -0.4 is 10.5 Å². The average Bonchev–Trinajstić information content (AvgIpc) is 2.99. The van der Waals surface area contributed by atoms with Gasteiger partial charge in [0.25, 0.3) is 0 Å². The minimum absolute atomic E-state index is 0.0979. The van der Waals surface area contributed by atoms with Crippen LogP contribution in [0.2, 0.25) is 5.02 Å². The first-order valence-electron chi connectivity index (χ1n) is 7.16. The molecule has 0 amide bonds. The number of hydrogen-bond acceptors (Lipinski definition) is 4. The summed E-state index contributed by atoms with van der Waals surface area (Å²) < 4.78 is 27.4. The molecule has 0 radical (unpaired) electrons. The topological polar surface area (TPSA) is 75.4 Å². The van der Waals surface area contributed by atoms with Crippen LogP contribution in [0.5, 0.6) is 0 Å².